The standard InChI is InChI=1S/C12H12FN3S2/c1-6-7(2)18-12(15-6)16-9-5-3-4-8(13)10(9)11(14)17/h3-5H,1-2H3,(H2,14,17)(H,15,16). The zero-order chi connectivity index (χ0) is 13.3. The maximum absolute atomic E-state index is 13.7. The molecule has 0 bridgehead atoms. The molecule has 1 aromatic carbocycles. The number of anilines is 2. The lowest BCUT2D eigenvalue weighted by Gasteiger charge is -2.09. The fourth-order valence-corrected chi connectivity index (χ4v) is 2.55. The summed E-state index contributed by atoms with van der Waals surface area (Å²) in [4.78, 5) is 5.48. The number of nitrogens with two attached hydrogens (primary N) is 1. The summed E-state index contributed by atoms with van der Waals surface area (Å²) in [5.74, 6) is -0.433. The van der Waals surface area contributed by atoms with Crippen molar-refractivity contribution in [3.05, 3.63) is 40.2 Å². The van der Waals surface area contributed by atoms with Crippen molar-refractivity contribution >= 4 is 39.4 Å². The first-order chi connectivity index (χ1) is 8.49. The third-order valence-corrected chi connectivity index (χ3v) is 3.72. The average Bonchev–Trinajstić information content (AvgIpc) is 2.57. The summed E-state index contributed by atoms with van der Waals surface area (Å²) < 4.78 is 13.7. The van der Waals surface area contributed by atoms with Crippen molar-refractivity contribution in [2.45, 2.75) is 13.8 Å². The molecular formula is C12H12FN3S2. The van der Waals surface area contributed by atoms with E-state index in [1.165, 1.54) is 17.4 Å². The van der Waals surface area contributed by atoms with Gasteiger partial charge in [0.05, 0.1) is 16.9 Å². The van der Waals surface area contributed by atoms with Gasteiger partial charge in [-0.15, -0.1) is 11.3 Å². The maximum atomic E-state index is 13.7. The zero-order valence-electron chi connectivity index (χ0n) is 9.95. The van der Waals surface area contributed by atoms with Crippen LogP contribution in [-0.2, 0) is 0 Å². The van der Waals surface area contributed by atoms with Crippen LogP contribution in [0.2, 0.25) is 0 Å². The number of halogens is 1. The molecule has 0 amide bonds. The van der Waals surface area contributed by atoms with E-state index in [4.69, 9.17) is 18.0 Å². The number of aromatic nitrogens is 1. The molecule has 0 aliphatic rings. The lowest BCUT2D eigenvalue weighted by molar-refractivity contribution is 0.626. The molecule has 0 saturated carbocycles. The monoisotopic (exact) mass is 281 g/mol. The Hall–Kier alpha value is -1.53. The van der Waals surface area contributed by atoms with Crippen LogP contribution in [0.15, 0.2) is 18.2 Å². The van der Waals surface area contributed by atoms with Crippen molar-refractivity contribution in [3.8, 4) is 0 Å². The number of benzene rings is 1. The highest BCUT2D eigenvalue weighted by Crippen LogP contribution is 2.27. The molecule has 0 radical (unpaired) electrons. The molecule has 0 spiro atoms. The van der Waals surface area contributed by atoms with Crippen LogP contribution < -0.4 is 11.1 Å². The molecule has 0 saturated heterocycles. The van der Waals surface area contributed by atoms with Gasteiger partial charge in [0, 0.05) is 4.88 Å². The molecule has 3 N–H and O–H groups in total. The third kappa shape index (κ3) is 2.49. The van der Waals surface area contributed by atoms with Gasteiger partial charge in [0.1, 0.15) is 10.8 Å². The van der Waals surface area contributed by atoms with Gasteiger partial charge in [0.15, 0.2) is 5.13 Å². The van der Waals surface area contributed by atoms with Gasteiger partial charge in [-0.05, 0) is 26.0 Å². The fraction of sp³-hybridized carbons (Fsp3) is 0.167. The predicted molar refractivity (Wildman–Crippen MR) is 77.2 cm³/mol. The highest BCUT2D eigenvalue weighted by Gasteiger charge is 2.12. The molecule has 2 rings (SSSR count). The van der Waals surface area contributed by atoms with Crippen molar-refractivity contribution < 1.29 is 4.39 Å². The Morgan fingerprint density at radius 1 is 1.44 bits per heavy atom. The van der Waals surface area contributed by atoms with Gasteiger partial charge in [-0.1, -0.05) is 18.3 Å². The van der Waals surface area contributed by atoms with E-state index in [0.29, 0.717) is 10.8 Å². The Kier molecular flexibility index (Phi) is 3.58. The predicted octanol–water partition coefficient (Wildman–Crippen LogP) is 3.28. The number of nitrogens with zero attached hydrogens (tertiary/aromatic N) is 1. The van der Waals surface area contributed by atoms with E-state index < -0.39 is 5.82 Å². The summed E-state index contributed by atoms with van der Waals surface area (Å²) in [5, 5.41) is 3.76. The summed E-state index contributed by atoms with van der Waals surface area (Å²) in [6.07, 6.45) is 0. The highest BCUT2D eigenvalue weighted by atomic mass is 32.1. The summed E-state index contributed by atoms with van der Waals surface area (Å²) in [6.45, 7) is 3.91. The Bertz CT molecular complexity index is 588. The van der Waals surface area contributed by atoms with Crippen molar-refractivity contribution in [1.29, 1.82) is 0 Å². The van der Waals surface area contributed by atoms with Crippen molar-refractivity contribution in [2.75, 3.05) is 5.32 Å². The van der Waals surface area contributed by atoms with Gasteiger partial charge in [-0.25, -0.2) is 9.37 Å². The minimum atomic E-state index is -0.433. The minimum Gasteiger partial charge on any atom is -0.389 e. The van der Waals surface area contributed by atoms with Crippen LogP contribution in [0.1, 0.15) is 16.1 Å². The summed E-state index contributed by atoms with van der Waals surface area (Å²) in [5.41, 5.74) is 7.25. The van der Waals surface area contributed by atoms with Crippen molar-refractivity contribution in [3.63, 3.8) is 0 Å². The second-order valence-corrected chi connectivity index (χ2v) is 5.46. The number of nitrogens with one attached hydrogen (secondary N) is 1. The number of rotatable bonds is 3. The molecule has 0 unspecified atom stereocenters. The van der Waals surface area contributed by atoms with Crippen LogP contribution in [0, 0.1) is 19.7 Å². The lowest BCUT2D eigenvalue weighted by atomic mass is 10.1. The molecule has 0 fully saturated rings. The van der Waals surface area contributed by atoms with E-state index in [1.54, 1.807) is 12.1 Å². The molecule has 1 aromatic heterocycles. The molecule has 6 heteroatoms. The van der Waals surface area contributed by atoms with E-state index in [-0.39, 0.29) is 10.6 Å². The SMILES string of the molecule is Cc1nc(Nc2cccc(F)c2C(N)=S)sc1C. The first-order valence-corrected chi connectivity index (χ1v) is 6.51. The molecular weight excluding hydrogens is 269 g/mol. The number of hydrogen-bond donors (Lipinski definition) is 2. The molecule has 0 atom stereocenters. The topological polar surface area (TPSA) is 50.9 Å². The third-order valence-electron chi connectivity index (χ3n) is 2.53. The van der Waals surface area contributed by atoms with Crippen LogP contribution in [-0.4, -0.2) is 9.97 Å². The number of thiocarbonyl (C=S) groups is 1. The Labute approximate surface area is 114 Å². The second-order valence-electron chi connectivity index (χ2n) is 3.81. The Balaban J connectivity index is 2.40. The van der Waals surface area contributed by atoms with Crippen LogP contribution in [0.25, 0.3) is 0 Å². The van der Waals surface area contributed by atoms with Gasteiger partial charge in [0.2, 0.25) is 0 Å². The van der Waals surface area contributed by atoms with E-state index in [1.807, 2.05) is 13.8 Å². The van der Waals surface area contributed by atoms with E-state index in [2.05, 4.69) is 10.3 Å². The molecule has 0 aliphatic carbocycles. The zero-order valence-corrected chi connectivity index (χ0v) is 11.6. The minimum absolute atomic E-state index is 0.0283. The molecule has 3 nitrogen and oxygen atoms in total. The molecule has 2 aromatic rings. The van der Waals surface area contributed by atoms with Gasteiger partial charge < -0.3 is 11.1 Å². The van der Waals surface area contributed by atoms with E-state index >= 15 is 0 Å². The first-order valence-electron chi connectivity index (χ1n) is 5.28. The average molecular weight is 281 g/mol. The largest absolute Gasteiger partial charge is 0.389 e. The van der Waals surface area contributed by atoms with Crippen molar-refractivity contribution in [2.24, 2.45) is 5.73 Å². The summed E-state index contributed by atoms with van der Waals surface area (Å²) >= 11 is 6.37. The number of aryl methyl sites for hydroxylation is 2. The summed E-state index contributed by atoms with van der Waals surface area (Å²) in [7, 11) is 0. The van der Waals surface area contributed by atoms with E-state index in [0.717, 1.165) is 10.6 Å². The summed E-state index contributed by atoms with van der Waals surface area (Å²) in [6, 6.07) is 4.66. The Morgan fingerprint density at radius 2 is 2.17 bits per heavy atom. The van der Waals surface area contributed by atoms with Crippen LogP contribution >= 0.6 is 23.6 Å². The highest BCUT2D eigenvalue weighted by molar-refractivity contribution is 7.80. The quantitative estimate of drug-likeness (QED) is 0.848. The molecule has 18 heavy (non-hydrogen) atoms. The molecule has 1 heterocycles. The first kappa shape index (κ1) is 12.9. The van der Waals surface area contributed by atoms with Crippen LogP contribution in [0.3, 0.4) is 0 Å². The second kappa shape index (κ2) is 4.99. The van der Waals surface area contributed by atoms with Gasteiger partial charge in [0.25, 0.3) is 0 Å². The normalized spacial score (nSPS) is 10.4. The van der Waals surface area contributed by atoms with Crippen LogP contribution in [0.4, 0.5) is 15.2 Å². The van der Waals surface area contributed by atoms with Gasteiger partial charge in [-0.3, -0.25) is 0 Å². The number of hydrogen-bond acceptors (Lipinski definition) is 4. The smallest absolute Gasteiger partial charge is 0.187 e. The van der Waals surface area contributed by atoms with Gasteiger partial charge in [-0.2, -0.15) is 0 Å². The Morgan fingerprint density at radius 3 is 2.72 bits per heavy atom. The number of thiazole rings is 1. The van der Waals surface area contributed by atoms with Crippen LogP contribution in [0.5, 0.6) is 0 Å². The maximum Gasteiger partial charge on any atom is 0.187 e. The van der Waals surface area contributed by atoms with Crippen molar-refractivity contribution in [1.82, 2.24) is 4.98 Å². The van der Waals surface area contributed by atoms with E-state index in [9.17, 15) is 4.39 Å². The lowest BCUT2D eigenvalue weighted by Crippen LogP contribution is -2.14. The van der Waals surface area contributed by atoms with Gasteiger partial charge >= 0.3 is 0 Å². The fourth-order valence-electron chi connectivity index (χ4n) is 1.52. The molecule has 0 aliphatic heterocycles. The molecule has 94 valence electrons.